The minimum atomic E-state index is 0.415. The monoisotopic (exact) mass is 258 g/mol. The van der Waals surface area contributed by atoms with Crippen LogP contribution in [0.4, 0.5) is 11.5 Å². The van der Waals surface area contributed by atoms with Crippen molar-refractivity contribution in [3.05, 3.63) is 46.1 Å². The van der Waals surface area contributed by atoms with E-state index in [2.05, 4.69) is 21.6 Å². The molecule has 0 fully saturated rings. The first-order valence-corrected chi connectivity index (χ1v) is 5.76. The smallest absolute Gasteiger partial charge is 0.156 e. The summed E-state index contributed by atoms with van der Waals surface area (Å²) in [4.78, 5) is 0. The van der Waals surface area contributed by atoms with Gasteiger partial charge in [0.2, 0.25) is 0 Å². The lowest BCUT2D eigenvalue weighted by atomic mass is 10.2. The van der Waals surface area contributed by atoms with Gasteiger partial charge in [-0.15, -0.1) is 10.2 Å². The highest BCUT2D eigenvalue weighted by Gasteiger charge is 2.08. The number of aromatic nitrogens is 2. The second kappa shape index (κ2) is 5.03. The zero-order chi connectivity index (χ0) is 13.1. The molecule has 0 aliphatic heterocycles. The molecule has 1 aromatic heterocycles. The van der Waals surface area contributed by atoms with E-state index in [-0.39, 0.29) is 0 Å². The summed E-state index contributed by atoms with van der Waals surface area (Å²) in [5, 5.41) is 20.2. The molecular formula is C13H11ClN4. The van der Waals surface area contributed by atoms with E-state index in [1.165, 1.54) is 0 Å². The summed E-state index contributed by atoms with van der Waals surface area (Å²) in [7, 11) is 0. The quantitative estimate of drug-likeness (QED) is 0.897. The first-order chi connectivity index (χ1) is 8.61. The van der Waals surface area contributed by atoms with Gasteiger partial charge in [-0.1, -0.05) is 11.6 Å². The normalized spacial score (nSPS) is 9.89. The van der Waals surface area contributed by atoms with Crippen LogP contribution in [0.1, 0.15) is 16.7 Å². The number of anilines is 2. The Labute approximate surface area is 110 Å². The van der Waals surface area contributed by atoms with Gasteiger partial charge in [0.1, 0.15) is 0 Å². The molecule has 4 nitrogen and oxygen atoms in total. The topological polar surface area (TPSA) is 61.6 Å². The van der Waals surface area contributed by atoms with E-state index in [0.29, 0.717) is 16.5 Å². The van der Waals surface area contributed by atoms with Crippen LogP contribution in [0, 0.1) is 25.2 Å². The van der Waals surface area contributed by atoms with Crippen LogP contribution < -0.4 is 5.32 Å². The van der Waals surface area contributed by atoms with Gasteiger partial charge in [-0.25, -0.2) is 0 Å². The third-order valence-electron chi connectivity index (χ3n) is 2.74. The molecule has 1 heterocycles. The van der Waals surface area contributed by atoms with E-state index in [1.54, 1.807) is 12.1 Å². The van der Waals surface area contributed by atoms with Crippen molar-refractivity contribution in [2.45, 2.75) is 13.8 Å². The molecule has 0 bridgehead atoms. The largest absolute Gasteiger partial charge is 0.339 e. The predicted octanol–water partition coefficient (Wildman–Crippen LogP) is 3.36. The van der Waals surface area contributed by atoms with E-state index in [9.17, 15) is 0 Å². The van der Waals surface area contributed by atoms with Crippen molar-refractivity contribution in [3.63, 3.8) is 0 Å². The minimum Gasteiger partial charge on any atom is -0.339 e. The molecule has 90 valence electrons. The lowest BCUT2D eigenvalue weighted by molar-refractivity contribution is 1.00. The van der Waals surface area contributed by atoms with E-state index in [0.717, 1.165) is 16.8 Å². The number of nitrogens with one attached hydrogen (secondary N) is 1. The van der Waals surface area contributed by atoms with Crippen LogP contribution in [0.2, 0.25) is 5.15 Å². The summed E-state index contributed by atoms with van der Waals surface area (Å²) in [5.41, 5.74) is 3.34. The van der Waals surface area contributed by atoms with Crippen molar-refractivity contribution in [2.24, 2.45) is 0 Å². The van der Waals surface area contributed by atoms with Gasteiger partial charge >= 0.3 is 0 Å². The van der Waals surface area contributed by atoms with Crippen molar-refractivity contribution < 1.29 is 0 Å². The van der Waals surface area contributed by atoms with Crippen molar-refractivity contribution >= 4 is 23.1 Å². The number of rotatable bonds is 2. The van der Waals surface area contributed by atoms with Gasteiger partial charge in [0.15, 0.2) is 11.0 Å². The molecule has 5 heteroatoms. The maximum Gasteiger partial charge on any atom is 0.156 e. The molecule has 0 saturated carbocycles. The van der Waals surface area contributed by atoms with Crippen molar-refractivity contribution in [3.8, 4) is 6.07 Å². The van der Waals surface area contributed by atoms with Crippen LogP contribution in [0.15, 0.2) is 24.3 Å². The average Bonchev–Trinajstić information content (AvgIpc) is 2.40. The number of nitriles is 1. The van der Waals surface area contributed by atoms with Gasteiger partial charge in [-0.3, -0.25) is 0 Å². The van der Waals surface area contributed by atoms with Crippen LogP contribution >= 0.6 is 11.6 Å². The molecule has 2 rings (SSSR count). The molecule has 1 N–H and O–H groups in total. The molecule has 0 atom stereocenters. The van der Waals surface area contributed by atoms with Crippen molar-refractivity contribution in [1.29, 1.82) is 5.26 Å². The zero-order valence-corrected chi connectivity index (χ0v) is 10.8. The summed E-state index contributed by atoms with van der Waals surface area (Å²) < 4.78 is 0. The third-order valence-corrected chi connectivity index (χ3v) is 3.10. The second-order valence-electron chi connectivity index (χ2n) is 3.90. The Morgan fingerprint density at radius 3 is 2.39 bits per heavy atom. The van der Waals surface area contributed by atoms with Gasteiger partial charge in [-0.2, -0.15) is 5.26 Å². The molecule has 0 aliphatic rings. The molecule has 2 aromatic rings. The van der Waals surface area contributed by atoms with Gasteiger partial charge in [0.25, 0.3) is 0 Å². The number of benzene rings is 1. The van der Waals surface area contributed by atoms with Crippen molar-refractivity contribution in [1.82, 2.24) is 10.2 Å². The van der Waals surface area contributed by atoms with Crippen LogP contribution in [0.25, 0.3) is 0 Å². The van der Waals surface area contributed by atoms with Gasteiger partial charge in [0.05, 0.1) is 11.6 Å². The zero-order valence-electron chi connectivity index (χ0n) is 10.0. The maximum atomic E-state index is 8.72. The molecule has 18 heavy (non-hydrogen) atoms. The molecule has 1 aromatic carbocycles. The Hall–Kier alpha value is -2.12. The summed E-state index contributed by atoms with van der Waals surface area (Å²) in [6.45, 7) is 3.83. The minimum absolute atomic E-state index is 0.415. The van der Waals surface area contributed by atoms with Crippen molar-refractivity contribution in [2.75, 3.05) is 5.32 Å². The molecule has 0 spiro atoms. The standard InChI is InChI=1S/C13H11ClN4/c1-8-9(2)13(18-17-12(8)14)16-11-5-3-10(7-15)4-6-11/h3-6H,1-2H3,(H,16,18). The van der Waals surface area contributed by atoms with E-state index in [4.69, 9.17) is 16.9 Å². The fraction of sp³-hybridized carbons (Fsp3) is 0.154. The third kappa shape index (κ3) is 2.41. The summed E-state index contributed by atoms with van der Waals surface area (Å²) in [5.74, 6) is 0.668. The van der Waals surface area contributed by atoms with Gasteiger partial charge < -0.3 is 5.32 Å². The molecule has 0 amide bonds. The summed E-state index contributed by atoms with van der Waals surface area (Å²) >= 11 is 5.89. The Bertz CT molecular complexity index is 614. The fourth-order valence-corrected chi connectivity index (χ4v) is 1.64. The highest BCUT2D eigenvalue weighted by atomic mass is 35.5. The van der Waals surface area contributed by atoms with Crippen LogP contribution in [-0.2, 0) is 0 Å². The molecule has 0 radical (unpaired) electrons. The van der Waals surface area contributed by atoms with Crippen LogP contribution in [0.5, 0.6) is 0 Å². The first kappa shape index (κ1) is 12.3. The van der Waals surface area contributed by atoms with E-state index < -0.39 is 0 Å². The highest BCUT2D eigenvalue weighted by molar-refractivity contribution is 6.30. The SMILES string of the molecule is Cc1c(Cl)nnc(Nc2ccc(C#N)cc2)c1C. The summed E-state index contributed by atoms with van der Waals surface area (Å²) in [6.07, 6.45) is 0. The van der Waals surface area contributed by atoms with Crippen LogP contribution in [-0.4, -0.2) is 10.2 Å². The van der Waals surface area contributed by atoms with E-state index >= 15 is 0 Å². The highest BCUT2D eigenvalue weighted by Crippen LogP contribution is 2.23. The molecule has 0 saturated heterocycles. The molecule has 0 aliphatic carbocycles. The first-order valence-electron chi connectivity index (χ1n) is 5.38. The van der Waals surface area contributed by atoms with Gasteiger partial charge in [0, 0.05) is 5.69 Å². The number of hydrogen-bond donors (Lipinski definition) is 1. The Balaban J connectivity index is 2.29. The number of hydrogen-bond acceptors (Lipinski definition) is 4. The number of nitrogens with zero attached hydrogens (tertiary/aromatic N) is 3. The van der Waals surface area contributed by atoms with Gasteiger partial charge in [-0.05, 0) is 49.2 Å². The van der Waals surface area contributed by atoms with E-state index in [1.807, 2.05) is 26.0 Å². The molecular weight excluding hydrogens is 248 g/mol. The van der Waals surface area contributed by atoms with Crippen LogP contribution in [0.3, 0.4) is 0 Å². The Morgan fingerprint density at radius 2 is 1.78 bits per heavy atom. The molecule has 0 unspecified atom stereocenters. The Kier molecular flexibility index (Phi) is 3.45. The summed E-state index contributed by atoms with van der Waals surface area (Å²) in [6, 6.07) is 9.21. The lowest BCUT2D eigenvalue weighted by Gasteiger charge is -2.10. The maximum absolute atomic E-state index is 8.72. The Morgan fingerprint density at radius 1 is 1.11 bits per heavy atom. The number of halogens is 1. The fourth-order valence-electron chi connectivity index (χ4n) is 1.46. The second-order valence-corrected chi connectivity index (χ2v) is 4.26. The lowest BCUT2D eigenvalue weighted by Crippen LogP contribution is -2.01. The average molecular weight is 259 g/mol. The predicted molar refractivity (Wildman–Crippen MR) is 71.0 cm³/mol.